The van der Waals surface area contributed by atoms with E-state index in [0.29, 0.717) is 34.8 Å². The molecule has 0 spiro atoms. The quantitative estimate of drug-likeness (QED) is 0.505. The standard InChI is InChI=1S/C21H20N2O5/c1-4-11-27-17-10-9-14(12-18(17)26-3)20(24)22-23-21(25)19-13(2)15-7-5-6-8-16(15)28-19/h4-10,12H,1,11H2,2-3H3,(H,22,24)(H,23,25). The van der Waals surface area contributed by atoms with Gasteiger partial charge in [-0.1, -0.05) is 30.9 Å². The summed E-state index contributed by atoms with van der Waals surface area (Å²) in [7, 11) is 1.48. The van der Waals surface area contributed by atoms with Crippen molar-refractivity contribution in [1.29, 1.82) is 0 Å². The fourth-order valence-corrected chi connectivity index (χ4v) is 2.71. The SMILES string of the molecule is C=CCOc1ccc(C(=O)NNC(=O)c2oc3ccccc3c2C)cc1OC. The first kappa shape index (κ1) is 19.0. The van der Waals surface area contributed by atoms with Gasteiger partial charge in [-0.25, -0.2) is 0 Å². The molecular weight excluding hydrogens is 360 g/mol. The van der Waals surface area contributed by atoms with E-state index in [-0.39, 0.29) is 5.76 Å². The van der Waals surface area contributed by atoms with Crippen LogP contribution < -0.4 is 20.3 Å². The molecule has 2 aromatic carbocycles. The molecule has 0 atom stereocenters. The van der Waals surface area contributed by atoms with Crippen LogP contribution in [0.1, 0.15) is 26.5 Å². The monoisotopic (exact) mass is 380 g/mol. The van der Waals surface area contributed by atoms with E-state index in [1.54, 1.807) is 31.2 Å². The minimum Gasteiger partial charge on any atom is -0.493 e. The van der Waals surface area contributed by atoms with Crippen molar-refractivity contribution in [3.63, 3.8) is 0 Å². The Morgan fingerprint density at radius 2 is 1.86 bits per heavy atom. The molecule has 7 heteroatoms. The molecule has 144 valence electrons. The van der Waals surface area contributed by atoms with Gasteiger partial charge in [-0.3, -0.25) is 20.4 Å². The zero-order chi connectivity index (χ0) is 20.1. The van der Waals surface area contributed by atoms with Crippen molar-refractivity contribution in [2.45, 2.75) is 6.92 Å². The topological polar surface area (TPSA) is 89.8 Å². The lowest BCUT2D eigenvalue weighted by molar-refractivity contribution is 0.0831. The Morgan fingerprint density at radius 3 is 2.57 bits per heavy atom. The molecule has 2 amide bonds. The number of amides is 2. The van der Waals surface area contributed by atoms with Crippen molar-refractivity contribution >= 4 is 22.8 Å². The van der Waals surface area contributed by atoms with Gasteiger partial charge in [0, 0.05) is 16.5 Å². The third-order valence-electron chi connectivity index (χ3n) is 4.12. The molecule has 3 aromatic rings. The Labute approximate surface area is 161 Å². The normalized spacial score (nSPS) is 10.4. The van der Waals surface area contributed by atoms with Crippen LogP contribution in [0.3, 0.4) is 0 Å². The summed E-state index contributed by atoms with van der Waals surface area (Å²) >= 11 is 0. The predicted molar refractivity (Wildman–Crippen MR) is 105 cm³/mol. The van der Waals surface area contributed by atoms with E-state index < -0.39 is 11.8 Å². The maximum absolute atomic E-state index is 12.4. The molecule has 0 radical (unpaired) electrons. The molecule has 1 heterocycles. The molecular formula is C21H20N2O5. The summed E-state index contributed by atoms with van der Waals surface area (Å²) in [6.45, 7) is 5.69. The number of ether oxygens (including phenoxy) is 2. The van der Waals surface area contributed by atoms with Crippen LogP contribution in [0, 0.1) is 6.92 Å². The van der Waals surface area contributed by atoms with Crippen LogP contribution in [0.5, 0.6) is 11.5 Å². The van der Waals surface area contributed by atoms with Gasteiger partial charge in [0.25, 0.3) is 5.91 Å². The Bertz CT molecular complexity index is 1040. The van der Waals surface area contributed by atoms with Crippen molar-refractivity contribution in [3.05, 3.63) is 72.0 Å². The van der Waals surface area contributed by atoms with Crippen LogP contribution in [0.25, 0.3) is 11.0 Å². The van der Waals surface area contributed by atoms with Crippen LogP contribution in [-0.2, 0) is 0 Å². The minimum atomic E-state index is -0.542. The van der Waals surface area contributed by atoms with Gasteiger partial charge in [0.2, 0.25) is 0 Å². The Morgan fingerprint density at radius 1 is 1.11 bits per heavy atom. The number of fused-ring (bicyclic) bond motifs is 1. The number of carbonyl (C=O) groups excluding carboxylic acids is 2. The van der Waals surface area contributed by atoms with Crippen molar-refractivity contribution < 1.29 is 23.5 Å². The third kappa shape index (κ3) is 3.83. The van der Waals surface area contributed by atoms with Gasteiger partial charge in [0.05, 0.1) is 7.11 Å². The second-order valence-electron chi connectivity index (χ2n) is 5.93. The molecule has 28 heavy (non-hydrogen) atoms. The van der Waals surface area contributed by atoms with Crippen molar-refractivity contribution in [2.24, 2.45) is 0 Å². The molecule has 0 fully saturated rings. The van der Waals surface area contributed by atoms with E-state index in [0.717, 1.165) is 5.39 Å². The molecule has 0 saturated carbocycles. The van der Waals surface area contributed by atoms with Crippen LogP contribution >= 0.6 is 0 Å². The summed E-state index contributed by atoms with van der Waals surface area (Å²) in [5.74, 6) is -0.0160. The number of nitrogens with one attached hydrogen (secondary N) is 2. The average molecular weight is 380 g/mol. The zero-order valence-electron chi connectivity index (χ0n) is 15.6. The number of para-hydroxylation sites is 1. The number of methoxy groups -OCH3 is 1. The summed E-state index contributed by atoms with van der Waals surface area (Å²) < 4.78 is 16.3. The number of aryl methyl sites for hydroxylation is 1. The molecule has 3 rings (SSSR count). The lowest BCUT2D eigenvalue weighted by atomic mass is 10.1. The summed E-state index contributed by atoms with van der Waals surface area (Å²) in [5.41, 5.74) is 6.34. The lowest BCUT2D eigenvalue weighted by Crippen LogP contribution is -2.41. The first-order valence-corrected chi connectivity index (χ1v) is 8.55. The molecule has 2 N–H and O–H groups in total. The van der Waals surface area contributed by atoms with Gasteiger partial charge in [-0.15, -0.1) is 0 Å². The van der Waals surface area contributed by atoms with Crippen LogP contribution in [0.15, 0.2) is 59.5 Å². The highest BCUT2D eigenvalue weighted by Crippen LogP contribution is 2.28. The van der Waals surface area contributed by atoms with E-state index in [1.165, 1.54) is 13.2 Å². The fourth-order valence-electron chi connectivity index (χ4n) is 2.71. The average Bonchev–Trinajstić information content (AvgIpc) is 3.07. The third-order valence-corrected chi connectivity index (χ3v) is 4.12. The molecule has 7 nitrogen and oxygen atoms in total. The fraction of sp³-hybridized carbons (Fsp3) is 0.143. The van der Waals surface area contributed by atoms with Gasteiger partial charge in [-0.2, -0.15) is 0 Å². The van der Waals surface area contributed by atoms with E-state index in [2.05, 4.69) is 17.4 Å². The second kappa shape index (κ2) is 8.30. The van der Waals surface area contributed by atoms with E-state index in [9.17, 15) is 9.59 Å². The summed E-state index contributed by atoms with van der Waals surface area (Å²) in [5, 5.41) is 0.846. The lowest BCUT2D eigenvalue weighted by Gasteiger charge is -2.11. The van der Waals surface area contributed by atoms with E-state index in [4.69, 9.17) is 13.9 Å². The molecule has 0 aliphatic rings. The van der Waals surface area contributed by atoms with Crippen LogP contribution in [0.2, 0.25) is 0 Å². The van der Waals surface area contributed by atoms with Crippen molar-refractivity contribution in [2.75, 3.05) is 13.7 Å². The molecule has 0 saturated heterocycles. The van der Waals surface area contributed by atoms with Crippen LogP contribution in [-0.4, -0.2) is 25.5 Å². The maximum atomic E-state index is 12.4. The highest BCUT2D eigenvalue weighted by Gasteiger charge is 2.18. The van der Waals surface area contributed by atoms with Gasteiger partial charge in [0.1, 0.15) is 12.2 Å². The number of benzene rings is 2. The number of hydrogen-bond acceptors (Lipinski definition) is 5. The number of hydrazine groups is 1. The highest BCUT2D eigenvalue weighted by atomic mass is 16.5. The number of furan rings is 1. The van der Waals surface area contributed by atoms with E-state index in [1.807, 2.05) is 18.2 Å². The highest BCUT2D eigenvalue weighted by molar-refractivity contribution is 6.01. The largest absolute Gasteiger partial charge is 0.493 e. The summed E-state index contributed by atoms with van der Waals surface area (Å²) in [4.78, 5) is 24.8. The van der Waals surface area contributed by atoms with Gasteiger partial charge in [-0.05, 0) is 31.2 Å². The second-order valence-corrected chi connectivity index (χ2v) is 5.93. The van der Waals surface area contributed by atoms with Crippen LogP contribution in [0.4, 0.5) is 0 Å². The van der Waals surface area contributed by atoms with Crippen molar-refractivity contribution in [1.82, 2.24) is 10.9 Å². The minimum absolute atomic E-state index is 0.146. The van der Waals surface area contributed by atoms with E-state index >= 15 is 0 Å². The Kier molecular flexibility index (Phi) is 5.64. The molecule has 0 unspecified atom stereocenters. The molecule has 1 aromatic heterocycles. The smallest absolute Gasteiger partial charge is 0.305 e. The number of carbonyl (C=O) groups is 2. The number of rotatable bonds is 6. The van der Waals surface area contributed by atoms with Gasteiger partial charge in [0.15, 0.2) is 17.3 Å². The summed E-state index contributed by atoms with van der Waals surface area (Å²) in [6.07, 6.45) is 1.61. The molecule has 0 bridgehead atoms. The van der Waals surface area contributed by atoms with Crippen molar-refractivity contribution in [3.8, 4) is 11.5 Å². The summed E-state index contributed by atoms with van der Waals surface area (Å²) in [6, 6.07) is 12.0. The first-order chi connectivity index (χ1) is 13.5. The van der Waals surface area contributed by atoms with Gasteiger partial charge < -0.3 is 13.9 Å². The maximum Gasteiger partial charge on any atom is 0.305 e. The zero-order valence-corrected chi connectivity index (χ0v) is 15.6. The van der Waals surface area contributed by atoms with Gasteiger partial charge >= 0.3 is 5.91 Å². The molecule has 0 aliphatic carbocycles. The number of hydrogen-bond donors (Lipinski definition) is 2. The molecule has 0 aliphatic heterocycles. The Hall–Kier alpha value is -3.74. The first-order valence-electron chi connectivity index (χ1n) is 8.55. The predicted octanol–water partition coefficient (Wildman–Crippen LogP) is 3.39. The Balaban J connectivity index is 1.70.